The highest BCUT2D eigenvalue weighted by molar-refractivity contribution is 9.10. The van der Waals surface area contributed by atoms with Crippen LogP contribution < -0.4 is 5.32 Å². The Kier molecular flexibility index (Phi) is 5.12. The Hall–Kier alpha value is -0.980. The fourth-order valence-corrected chi connectivity index (χ4v) is 2.76. The summed E-state index contributed by atoms with van der Waals surface area (Å²) in [6.07, 6.45) is 0.932. The van der Waals surface area contributed by atoms with E-state index in [0.717, 1.165) is 18.7 Å². The van der Waals surface area contributed by atoms with Gasteiger partial charge in [-0.2, -0.15) is 0 Å². The number of nitrogens with zero attached hydrogens (tertiary/aromatic N) is 3. The molecule has 0 radical (unpaired) electrons. The Morgan fingerprint density at radius 1 is 1.50 bits per heavy atom. The molecule has 1 N–H and O–H groups in total. The Bertz CT molecular complexity index is 583. The van der Waals surface area contributed by atoms with Crippen LogP contribution in [0, 0.1) is 5.82 Å². The van der Waals surface area contributed by atoms with Crippen molar-refractivity contribution >= 4 is 27.5 Å². The van der Waals surface area contributed by atoms with Gasteiger partial charge in [-0.1, -0.05) is 23.7 Å². The lowest BCUT2D eigenvalue weighted by atomic mass is 10.0. The van der Waals surface area contributed by atoms with Gasteiger partial charge in [0.15, 0.2) is 4.60 Å². The smallest absolute Gasteiger partial charge is 0.153 e. The van der Waals surface area contributed by atoms with Crippen LogP contribution in [0.3, 0.4) is 0 Å². The van der Waals surface area contributed by atoms with Crippen molar-refractivity contribution in [1.82, 2.24) is 20.3 Å². The lowest BCUT2D eigenvalue weighted by Gasteiger charge is -2.20. The third-order valence-electron chi connectivity index (χ3n) is 2.97. The van der Waals surface area contributed by atoms with Gasteiger partial charge in [-0.15, -0.1) is 5.10 Å². The molecule has 108 valence electrons. The van der Waals surface area contributed by atoms with Crippen molar-refractivity contribution in [1.29, 1.82) is 0 Å². The van der Waals surface area contributed by atoms with Gasteiger partial charge in [-0.25, -0.2) is 9.07 Å². The molecule has 0 bridgehead atoms. The molecule has 1 aromatic carbocycles. The Labute approximate surface area is 130 Å². The van der Waals surface area contributed by atoms with Crippen LogP contribution in [0.2, 0.25) is 5.02 Å². The average molecular weight is 362 g/mol. The third kappa shape index (κ3) is 3.19. The van der Waals surface area contributed by atoms with E-state index in [4.69, 9.17) is 11.6 Å². The summed E-state index contributed by atoms with van der Waals surface area (Å²) >= 11 is 9.35. The summed E-state index contributed by atoms with van der Waals surface area (Å²) in [5.41, 5.74) is 1.25. The molecule has 0 aliphatic rings. The first kappa shape index (κ1) is 15.4. The van der Waals surface area contributed by atoms with Crippen molar-refractivity contribution in [3.8, 4) is 0 Å². The maximum absolute atomic E-state index is 14.1. The standard InChI is InChI=1S/C13H15BrClFN4/c1-3-6-17-11(12-13(14)18-19-20(12)2)9-7-8(15)4-5-10(9)16/h4-5,7,11,17H,3,6H2,1-2H3. The summed E-state index contributed by atoms with van der Waals surface area (Å²) in [4.78, 5) is 0. The third-order valence-corrected chi connectivity index (χ3v) is 3.77. The minimum atomic E-state index is -0.358. The molecule has 1 unspecified atom stereocenters. The van der Waals surface area contributed by atoms with Crippen molar-refractivity contribution in [2.75, 3.05) is 6.54 Å². The van der Waals surface area contributed by atoms with Crippen molar-refractivity contribution < 1.29 is 4.39 Å². The lowest BCUT2D eigenvalue weighted by Crippen LogP contribution is -2.26. The van der Waals surface area contributed by atoms with Crippen molar-refractivity contribution in [3.63, 3.8) is 0 Å². The number of rotatable bonds is 5. The van der Waals surface area contributed by atoms with Gasteiger partial charge in [-0.3, -0.25) is 0 Å². The van der Waals surface area contributed by atoms with Gasteiger partial charge in [0.25, 0.3) is 0 Å². The SMILES string of the molecule is CCCNC(c1cc(Cl)ccc1F)c1c(Br)nnn1C. The molecule has 1 heterocycles. The van der Waals surface area contributed by atoms with Crippen LogP contribution in [0.5, 0.6) is 0 Å². The fourth-order valence-electron chi connectivity index (χ4n) is 2.02. The number of aryl methyl sites for hydroxylation is 1. The van der Waals surface area contributed by atoms with E-state index in [1.807, 2.05) is 0 Å². The second-order valence-electron chi connectivity index (χ2n) is 4.44. The van der Waals surface area contributed by atoms with Gasteiger partial charge < -0.3 is 5.32 Å². The normalized spacial score (nSPS) is 12.7. The number of halogens is 3. The second-order valence-corrected chi connectivity index (χ2v) is 5.63. The van der Waals surface area contributed by atoms with Gasteiger partial charge in [0.05, 0.1) is 11.7 Å². The molecule has 0 saturated carbocycles. The largest absolute Gasteiger partial charge is 0.305 e. The van der Waals surface area contributed by atoms with Crippen molar-refractivity contribution in [3.05, 3.63) is 44.9 Å². The van der Waals surface area contributed by atoms with Gasteiger partial charge in [0, 0.05) is 17.6 Å². The summed E-state index contributed by atoms with van der Waals surface area (Å²) in [5.74, 6) is -0.309. The van der Waals surface area contributed by atoms with Crippen LogP contribution in [0.1, 0.15) is 30.6 Å². The van der Waals surface area contributed by atoms with E-state index < -0.39 is 0 Å². The predicted molar refractivity (Wildman–Crippen MR) is 80.2 cm³/mol. The van der Waals surface area contributed by atoms with E-state index in [1.165, 1.54) is 12.1 Å². The number of hydrogen-bond donors (Lipinski definition) is 1. The van der Waals surface area contributed by atoms with Gasteiger partial charge >= 0.3 is 0 Å². The molecule has 4 nitrogen and oxygen atoms in total. The molecular weight excluding hydrogens is 347 g/mol. The highest BCUT2D eigenvalue weighted by atomic mass is 79.9. The molecule has 0 spiro atoms. The zero-order chi connectivity index (χ0) is 14.7. The van der Waals surface area contributed by atoms with Gasteiger partial charge in [0.2, 0.25) is 0 Å². The monoisotopic (exact) mass is 360 g/mol. The quantitative estimate of drug-likeness (QED) is 0.887. The summed E-state index contributed by atoms with van der Waals surface area (Å²) < 4.78 is 16.4. The van der Waals surface area contributed by atoms with Crippen LogP contribution in [-0.2, 0) is 7.05 Å². The molecule has 0 saturated heterocycles. The highest BCUT2D eigenvalue weighted by Crippen LogP contribution is 2.30. The maximum Gasteiger partial charge on any atom is 0.153 e. The molecule has 0 amide bonds. The Morgan fingerprint density at radius 2 is 2.25 bits per heavy atom. The molecule has 0 fully saturated rings. The summed E-state index contributed by atoms with van der Waals surface area (Å²) in [6, 6.07) is 4.18. The van der Waals surface area contributed by atoms with Crippen LogP contribution in [0.15, 0.2) is 22.8 Å². The molecule has 1 aromatic heterocycles. The van der Waals surface area contributed by atoms with Crippen LogP contribution in [-0.4, -0.2) is 21.5 Å². The number of aromatic nitrogens is 3. The first-order valence-corrected chi connectivity index (χ1v) is 7.45. The average Bonchev–Trinajstić information content (AvgIpc) is 2.74. The first-order valence-electron chi connectivity index (χ1n) is 6.28. The van der Waals surface area contributed by atoms with Crippen LogP contribution in [0.4, 0.5) is 4.39 Å². The predicted octanol–water partition coefficient (Wildman–Crippen LogP) is 3.46. The van der Waals surface area contributed by atoms with Gasteiger partial charge in [-0.05, 0) is 47.1 Å². The van der Waals surface area contributed by atoms with E-state index in [2.05, 4.69) is 38.5 Å². The summed E-state index contributed by atoms with van der Waals surface area (Å²) in [7, 11) is 1.77. The molecule has 0 aliphatic carbocycles. The second kappa shape index (κ2) is 6.65. The lowest BCUT2D eigenvalue weighted by molar-refractivity contribution is 0.518. The molecule has 1 atom stereocenters. The molecule has 2 aromatic rings. The van der Waals surface area contributed by atoms with E-state index in [1.54, 1.807) is 17.8 Å². The van der Waals surface area contributed by atoms with Crippen molar-refractivity contribution in [2.24, 2.45) is 7.05 Å². The summed E-state index contributed by atoms with van der Waals surface area (Å²) in [5, 5.41) is 11.7. The topological polar surface area (TPSA) is 42.7 Å². The van der Waals surface area contributed by atoms with E-state index >= 15 is 0 Å². The number of hydrogen-bond acceptors (Lipinski definition) is 3. The maximum atomic E-state index is 14.1. The van der Waals surface area contributed by atoms with E-state index in [-0.39, 0.29) is 11.9 Å². The van der Waals surface area contributed by atoms with E-state index in [9.17, 15) is 4.39 Å². The molecule has 2 rings (SSSR count). The molecule has 0 aliphatic heterocycles. The first-order chi connectivity index (χ1) is 9.54. The van der Waals surface area contributed by atoms with Crippen LogP contribution >= 0.6 is 27.5 Å². The number of benzene rings is 1. The zero-order valence-electron chi connectivity index (χ0n) is 11.2. The fraction of sp³-hybridized carbons (Fsp3) is 0.385. The minimum Gasteiger partial charge on any atom is -0.305 e. The van der Waals surface area contributed by atoms with Gasteiger partial charge in [0.1, 0.15) is 5.82 Å². The zero-order valence-corrected chi connectivity index (χ0v) is 13.5. The molecule has 20 heavy (non-hydrogen) atoms. The summed E-state index contributed by atoms with van der Waals surface area (Å²) in [6.45, 7) is 2.79. The van der Waals surface area contributed by atoms with E-state index in [0.29, 0.717) is 15.2 Å². The molecular formula is C13H15BrClFN4. The minimum absolute atomic E-state index is 0.309. The Morgan fingerprint density at radius 3 is 2.85 bits per heavy atom. The number of nitrogens with one attached hydrogen (secondary N) is 1. The van der Waals surface area contributed by atoms with Crippen LogP contribution in [0.25, 0.3) is 0 Å². The molecule has 7 heteroatoms. The Balaban J connectivity index is 2.50. The highest BCUT2D eigenvalue weighted by Gasteiger charge is 2.24. The van der Waals surface area contributed by atoms with Crippen molar-refractivity contribution in [2.45, 2.75) is 19.4 Å².